The van der Waals surface area contributed by atoms with Crippen molar-refractivity contribution in [3.8, 4) is 0 Å². The quantitative estimate of drug-likeness (QED) is 0.775. The molecule has 0 heterocycles. The molecule has 0 saturated carbocycles. The van der Waals surface area contributed by atoms with Gasteiger partial charge in [-0.15, -0.1) is 0 Å². The van der Waals surface area contributed by atoms with Crippen LogP contribution >= 0.6 is 0 Å². The number of rotatable bonds is 5. The molecule has 0 bridgehead atoms. The molecule has 1 aromatic rings. The molecule has 1 unspecified atom stereocenters. The number of hydrogen-bond acceptors (Lipinski definition) is 2. The summed E-state index contributed by atoms with van der Waals surface area (Å²) in [6.45, 7) is 4.83. The third-order valence-electron chi connectivity index (χ3n) is 2.99. The Morgan fingerprint density at radius 2 is 1.85 bits per heavy atom. The van der Waals surface area contributed by atoms with Crippen LogP contribution in [0.5, 0.6) is 0 Å². The molecule has 3 N–H and O–H groups in total. The van der Waals surface area contributed by atoms with Crippen molar-refractivity contribution in [2.45, 2.75) is 26.8 Å². The minimum absolute atomic E-state index is 0.0182. The van der Waals surface area contributed by atoms with Gasteiger partial charge in [0.2, 0.25) is 0 Å². The van der Waals surface area contributed by atoms with Gasteiger partial charge in [-0.25, -0.2) is 9.18 Å². The Balaban J connectivity index is 2.50. The molecule has 0 aromatic heterocycles. The predicted octanol–water partition coefficient (Wildman–Crippen LogP) is 2.30. The minimum atomic E-state index is -1.03. The summed E-state index contributed by atoms with van der Waals surface area (Å²) in [5.41, 5.74) is -0.268. The highest BCUT2D eigenvalue weighted by molar-refractivity contribution is 5.77. The monoisotopic (exact) mass is 282 g/mol. The lowest BCUT2D eigenvalue weighted by molar-refractivity contribution is -0.146. The molecule has 0 aliphatic carbocycles. The molecule has 1 aromatic carbocycles. The molecule has 2 amide bonds. The molecule has 1 rings (SSSR count). The van der Waals surface area contributed by atoms with Gasteiger partial charge in [0.25, 0.3) is 0 Å². The molecular formula is C14H19FN2O3. The molecule has 0 spiro atoms. The summed E-state index contributed by atoms with van der Waals surface area (Å²) < 4.78 is 12.8. The maximum absolute atomic E-state index is 12.8. The average molecular weight is 282 g/mol. The normalized spacial score (nSPS) is 12.6. The molecule has 0 aliphatic rings. The minimum Gasteiger partial charge on any atom is -0.481 e. The van der Waals surface area contributed by atoms with Gasteiger partial charge >= 0.3 is 12.0 Å². The molecule has 6 heteroatoms. The number of urea groups is 1. The second kappa shape index (κ2) is 6.36. The summed E-state index contributed by atoms with van der Waals surface area (Å²) in [6.07, 6.45) is 0. The highest BCUT2D eigenvalue weighted by Crippen LogP contribution is 2.14. The van der Waals surface area contributed by atoms with E-state index in [0.29, 0.717) is 0 Å². The topological polar surface area (TPSA) is 78.4 Å². The fraction of sp³-hybridized carbons (Fsp3) is 0.429. The number of carboxylic acid groups (broad SMARTS) is 1. The van der Waals surface area contributed by atoms with Crippen molar-refractivity contribution in [3.63, 3.8) is 0 Å². The molecule has 0 fully saturated rings. The lowest BCUT2D eigenvalue weighted by atomic mass is 9.94. The highest BCUT2D eigenvalue weighted by Gasteiger charge is 2.27. The molecule has 0 saturated heterocycles. The van der Waals surface area contributed by atoms with E-state index in [1.165, 1.54) is 26.0 Å². The standard InChI is InChI=1S/C14H19FN2O3/c1-9(10-4-6-11(15)7-5-10)17-13(20)16-8-14(2,3)12(18)19/h4-7,9H,8H2,1-3H3,(H,18,19)(H2,16,17,20). The van der Waals surface area contributed by atoms with Crippen molar-refractivity contribution >= 4 is 12.0 Å². The summed E-state index contributed by atoms with van der Waals surface area (Å²) in [6, 6.07) is 5.04. The van der Waals surface area contributed by atoms with E-state index in [-0.39, 0.29) is 18.4 Å². The van der Waals surface area contributed by atoms with Crippen molar-refractivity contribution in [1.82, 2.24) is 10.6 Å². The van der Waals surface area contributed by atoms with Crippen LogP contribution in [0, 0.1) is 11.2 Å². The Hall–Kier alpha value is -2.11. The van der Waals surface area contributed by atoms with E-state index < -0.39 is 17.4 Å². The molecule has 0 radical (unpaired) electrons. The molecule has 1 atom stereocenters. The number of nitrogens with one attached hydrogen (secondary N) is 2. The van der Waals surface area contributed by atoms with Crippen LogP contribution in [0.15, 0.2) is 24.3 Å². The Morgan fingerprint density at radius 3 is 2.35 bits per heavy atom. The first-order valence-electron chi connectivity index (χ1n) is 6.25. The van der Waals surface area contributed by atoms with E-state index in [1.54, 1.807) is 19.1 Å². The molecule has 20 heavy (non-hydrogen) atoms. The van der Waals surface area contributed by atoms with Crippen LogP contribution in [0.25, 0.3) is 0 Å². The number of carbonyl (C=O) groups excluding carboxylic acids is 1. The fourth-order valence-corrected chi connectivity index (χ4v) is 1.46. The number of carbonyl (C=O) groups is 2. The van der Waals surface area contributed by atoms with Crippen molar-refractivity contribution in [3.05, 3.63) is 35.6 Å². The van der Waals surface area contributed by atoms with Gasteiger partial charge in [0.1, 0.15) is 5.82 Å². The summed E-state index contributed by atoms with van der Waals surface area (Å²) in [4.78, 5) is 22.6. The summed E-state index contributed by atoms with van der Waals surface area (Å²) in [5.74, 6) is -1.32. The van der Waals surface area contributed by atoms with E-state index >= 15 is 0 Å². The first-order valence-corrected chi connectivity index (χ1v) is 6.25. The van der Waals surface area contributed by atoms with Crippen LogP contribution in [-0.2, 0) is 4.79 Å². The van der Waals surface area contributed by atoms with Crippen LogP contribution < -0.4 is 10.6 Å². The number of aliphatic carboxylic acids is 1. The summed E-state index contributed by atoms with van der Waals surface area (Å²) in [5, 5.41) is 14.1. The zero-order valence-electron chi connectivity index (χ0n) is 11.7. The third kappa shape index (κ3) is 4.53. The zero-order chi connectivity index (χ0) is 15.3. The van der Waals surface area contributed by atoms with Gasteiger partial charge in [-0.05, 0) is 38.5 Å². The van der Waals surface area contributed by atoms with Crippen LogP contribution in [0.2, 0.25) is 0 Å². The van der Waals surface area contributed by atoms with E-state index in [0.717, 1.165) is 5.56 Å². The third-order valence-corrected chi connectivity index (χ3v) is 2.99. The van der Waals surface area contributed by atoms with Crippen LogP contribution in [0.4, 0.5) is 9.18 Å². The summed E-state index contributed by atoms with van der Waals surface area (Å²) in [7, 11) is 0. The predicted molar refractivity (Wildman–Crippen MR) is 72.8 cm³/mol. The average Bonchev–Trinajstić information content (AvgIpc) is 2.37. The highest BCUT2D eigenvalue weighted by atomic mass is 19.1. The van der Waals surface area contributed by atoms with Crippen LogP contribution in [0.1, 0.15) is 32.4 Å². The van der Waals surface area contributed by atoms with Crippen molar-refractivity contribution in [2.24, 2.45) is 5.41 Å². The van der Waals surface area contributed by atoms with E-state index in [4.69, 9.17) is 5.11 Å². The summed E-state index contributed by atoms with van der Waals surface area (Å²) >= 11 is 0. The van der Waals surface area contributed by atoms with Gasteiger partial charge in [0.05, 0.1) is 11.5 Å². The number of halogens is 1. The Morgan fingerprint density at radius 1 is 1.30 bits per heavy atom. The molecule has 5 nitrogen and oxygen atoms in total. The van der Waals surface area contributed by atoms with Gasteiger partial charge in [0, 0.05) is 6.54 Å². The molecule has 0 aliphatic heterocycles. The first kappa shape index (κ1) is 15.9. The maximum atomic E-state index is 12.8. The first-order chi connectivity index (χ1) is 9.22. The van der Waals surface area contributed by atoms with Gasteiger partial charge in [-0.1, -0.05) is 12.1 Å². The van der Waals surface area contributed by atoms with Crippen molar-refractivity contribution in [1.29, 1.82) is 0 Å². The maximum Gasteiger partial charge on any atom is 0.315 e. The molecular weight excluding hydrogens is 263 g/mol. The Labute approximate surface area is 117 Å². The van der Waals surface area contributed by atoms with E-state index in [1.807, 2.05) is 0 Å². The van der Waals surface area contributed by atoms with Crippen molar-refractivity contribution in [2.75, 3.05) is 6.54 Å². The Bertz CT molecular complexity index is 486. The lowest BCUT2D eigenvalue weighted by Crippen LogP contribution is -2.44. The number of amides is 2. The SMILES string of the molecule is CC(NC(=O)NCC(C)(C)C(=O)O)c1ccc(F)cc1. The largest absolute Gasteiger partial charge is 0.481 e. The van der Waals surface area contributed by atoms with Crippen molar-refractivity contribution < 1.29 is 19.1 Å². The smallest absolute Gasteiger partial charge is 0.315 e. The van der Waals surface area contributed by atoms with Crippen LogP contribution in [0.3, 0.4) is 0 Å². The second-order valence-corrected chi connectivity index (χ2v) is 5.29. The second-order valence-electron chi connectivity index (χ2n) is 5.29. The Kier molecular flexibility index (Phi) is 5.07. The number of hydrogen-bond donors (Lipinski definition) is 3. The molecule has 110 valence electrons. The van der Waals surface area contributed by atoms with E-state index in [2.05, 4.69) is 10.6 Å². The number of carboxylic acids is 1. The van der Waals surface area contributed by atoms with Gasteiger partial charge in [0.15, 0.2) is 0 Å². The van der Waals surface area contributed by atoms with Gasteiger partial charge in [-0.3, -0.25) is 4.79 Å². The van der Waals surface area contributed by atoms with Gasteiger partial charge in [-0.2, -0.15) is 0 Å². The van der Waals surface area contributed by atoms with E-state index in [9.17, 15) is 14.0 Å². The van der Waals surface area contributed by atoms with Crippen LogP contribution in [-0.4, -0.2) is 23.7 Å². The number of benzene rings is 1. The van der Waals surface area contributed by atoms with Gasteiger partial charge < -0.3 is 15.7 Å². The zero-order valence-corrected chi connectivity index (χ0v) is 11.7. The fourth-order valence-electron chi connectivity index (χ4n) is 1.46. The lowest BCUT2D eigenvalue weighted by Gasteiger charge is -2.21.